The first-order chi connectivity index (χ1) is 15.6. The molecule has 3 aromatic rings. The Kier molecular flexibility index (Phi) is 8.92. The third kappa shape index (κ3) is 6.72. The van der Waals surface area contributed by atoms with Crippen LogP contribution in [0.3, 0.4) is 0 Å². The Morgan fingerprint density at radius 1 is 1.16 bits per heavy atom. The molecular formula is C25H30N4O2S. The van der Waals surface area contributed by atoms with Crippen LogP contribution in [-0.4, -0.2) is 33.5 Å². The number of nitrogens with zero attached hydrogens (tertiary/aromatic N) is 3. The van der Waals surface area contributed by atoms with E-state index in [2.05, 4.69) is 34.2 Å². The molecule has 0 aliphatic rings. The van der Waals surface area contributed by atoms with Gasteiger partial charge in [0.25, 0.3) is 0 Å². The van der Waals surface area contributed by atoms with Crippen molar-refractivity contribution in [1.82, 2.24) is 20.1 Å². The summed E-state index contributed by atoms with van der Waals surface area (Å²) in [6.45, 7) is 6.46. The molecule has 1 unspecified atom stereocenters. The van der Waals surface area contributed by atoms with E-state index < -0.39 is 0 Å². The molecule has 2 aromatic carbocycles. The number of aromatic nitrogens is 3. The van der Waals surface area contributed by atoms with Crippen molar-refractivity contribution in [2.45, 2.75) is 43.9 Å². The Balaban J connectivity index is 1.53. The lowest BCUT2D eigenvalue weighted by Crippen LogP contribution is -2.28. The van der Waals surface area contributed by atoms with Crippen LogP contribution in [-0.2, 0) is 24.2 Å². The number of amides is 1. The fraction of sp³-hybridized carbons (Fsp3) is 0.320. The molecule has 0 aliphatic carbocycles. The van der Waals surface area contributed by atoms with Crippen molar-refractivity contribution in [3.05, 3.63) is 84.2 Å². The first-order valence-electron chi connectivity index (χ1n) is 10.7. The van der Waals surface area contributed by atoms with Crippen LogP contribution in [0.2, 0.25) is 0 Å². The van der Waals surface area contributed by atoms with Gasteiger partial charge >= 0.3 is 0 Å². The van der Waals surface area contributed by atoms with Gasteiger partial charge in [-0.15, -0.1) is 16.8 Å². The fourth-order valence-electron chi connectivity index (χ4n) is 3.40. The molecule has 1 aromatic heterocycles. The molecule has 6 nitrogen and oxygen atoms in total. The summed E-state index contributed by atoms with van der Waals surface area (Å²) in [7, 11) is 1.67. The molecular weight excluding hydrogens is 420 g/mol. The maximum absolute atomic E-state index is 12.4. The maximum Gasteiger partial charge on any atom is 0.230 e. The Morgan fingerprint density at radius 2 is 1.91 bits per heavy atom. The van der Waals surface area contributed by atoms with E-state index in [9.17, 15) is 4.79 Å². The second-order valence-corrected chi connectivity index (χ2v) is 8.43. The Bertz CT molecular complexity index is 1000. The van der Waals surface area contributed by atoms with Crippen LogP contribution in [0.5, 0.6) is 5.75 Å². The van der Waals surface area contributed by atoms with Crippen molar-refractivity contribution in [3.8, 4) is 5.75 Å². The van der Waals surface area contributed by atoms with Gasteiger partial charge in [-0.1, -0.05) is 60.3 Å². The van der Waals surface area contributed by atoms with Gasteiger partial charge in [0, 0.05) is 13.0 Å². The lowest BCUT2D eigenvalue weighted by molar-refractivity contribution is -0.119. The van der Waals surface area contributed by atoms with E-state index in [1.807, 2.05) is 60.0 Å². The molecule has 1 heterocycles. The zero-order valence-corrected chi connectivity index (χ0v) is 19.5. The number of methoxy groups -OCH3 is 1. The minimum atomic E-state index is -0.0381. The highest BCUT2D eigenvalue weighted by atomic mass is 32.2. The number of nitrogens with one attached hydrogen (secondary N) is 1. The lowest BCUT2D eigenvalue weighted by Gasteiger charge is -2.14. The van der Waals surface area contributed by atoms with E-state index in [1.54, 1.807) is 7.11 Å². The van der Waals surface area contributed by atoms with E-state index >= 15 is 0 Å². The summed E-state index contributed by atoms with van der Waals surface area (Å²) in [5.41, 5.74) is 2.35. The number of allylic oxidation sites excluding steroid dienone is 1. The molecule has 0 saturated carbocycles. The molecule has 0 saturated heterocycles. The molecule has 3 rings (SSSR count). The van der Waals surface area contributed by atoms with Crippen LogP contribution in [0.1, 0.15) is 36.3 Å². The highest BCUT2D eigenvalue weighted by Crippen LogP contribution is 2.20. The van der Waals surface area contributed by atoms with Gasteiger partial charge < -0.3 is 14.6 Å². The second-order valence-electron chi connectivity index (χ2n) is 7.49. The van der Waals surface area contributed by atoms with E-state index in [0.717, 1.165) is 41.6 Å². The first kappa shape index (κ1) is 23.6. The topological polar surface area (TPSA) is 69.0 Å². The zero-order chi connectivity index (χ0) is 22.8. The van der Waals surface area contributed by atoms with Gasteiger partial charge in [0.05, 0.1) is 18.9 Å². The summed E-state index contributed by atoms with van der Waals surface area (Å²) in [4.78, 5) is 12.4. The molecule has 0 bridgehead atoms. The van der Waals surface area contributed by atoms with Crippen molar-refractivity contribution < 1.29 is 9.53 Å². The number of aryl methyl sites for hydroxylation is 2. The number of rotatable bonds is 12. The zero-order valence-electron chi connectivity index (χ0n) is 18.7. The minimum Gasteiger partial charge on any atom is -0.497 e. The Labute approximate surface area is 194 Å². The predicted molar refractivity (Wildman–Crippen MR) is 129 cm³/mol. The second kappa shape index (κ2) is 12.1. The average molecular weight is 451 g/mol. The number of benzene rings is 2. The molecule has 32 heavy (non-hydrogen) atoms. The quantitative estimate of drug-likeness (QED) is 0.322. The molecule has 0 aliphatic heterocycles. The van der Waals surface area contributed by atoms with Gasteiger partial charge in [0.2, 0.25) is 5.91 Å². The molecule has 1 atom stereocenters. The number of carbonyl (C=O) groups excluding carboxylic acids is 1. The third-order valence-electron chi connectivity index (χ3n) is 5.14. The van der Waals surface area contributed by atoms with Crippen LogP contribution < -0.4 is 10.1 Å². The van der Waals surface area contributed by atoms with Gasteiger partial charge in [-0.3, -0.25) is 4.79 Å². The SMILES string of the molecule is C=CCn1c(CCCc2ccc(OC)cc2)nnc1SCC(=O)NC(C)c1ccccc1. The van der Waals surface area contributed by atoms with Gasteiger partial charge in [-0.2, -0.15) is 0 Å². The normalized spacial score (nSPS) is 11.7. The highest BCUT2D eigenvalue weighted by molar-refractivity contribution is 7.99. The monoisotopic (exact) mass is 450 g/mol. The first-order valence-corrected chi connectivity index (χ1v) is 11.7. The van der Waals surface area contributed by atoms with Gasteiger partial charge in [0.1, 0.15) is 11.6 Å². The van der Waals surface area contributed by atoms with E-state index in [0.29, 0.717) is 6.54 Å². The fourth-order valence-corrected chi connectivity index (χ4v) is 4.18. The standard InChI is InChI=1S/C25H30N4O2S/c1-4-17-29-23(12-8-9-20-13-15-22(31-3)16-14-20)27-28-25(29)32-18-24(30)26-19(2)21-10-6-5-7-11-21/h4-7,10-11,13-16,19H,1,8-9,12,17-18H2,2-3H3,(H,26,30). The summed E-state index contributed by atoms with van der Waals surface area (Å²) in [6.07, 6.45) is 4.55. The summed E-state index contributed by atoms with van der Waals surface area (Å²) < 4.78 is 7.25. The van der Waals surface area contributed by atoms with Crippen LogP contribution in [0.25, 0.3) is 0 Å². The number of hydrogen-bond acceptors (Lipinski definition) is 5. The summed E-state index contributed by atoms with van der Waals surface area (Å²) >= 11 is 1.40. The van der Waals surface area contributed by atoms with Crippen molar-refractivity contribution in [3.63, 3.8) is 0 Å². The van der Waals surface area contributed by atoms with Crippen LogP contribution in [0, 0.1) is 0 Å². The molecule has 0 spiro atoms. The van der Waals surface area contributed by atoms with Crippen molar-refractivity contribution in [2.75, 3.05) is 12.9 Å². The van der Waals surface area contributed by atoms with Crippen molar-refractivity contribution in [1.29, 1.82) is 0 Å². The summed E-state index contributed by atoms with van der Waals surface area (Å²) in [5.74, 6) is 2.04. The van der Waals surface area contributed by atoms with Gasteiger partial charge in [-0.05, 0) is 43.0 Å². The number of hydrogen-bond donors (Lipinski definition) is 1. The predicted octanol–water partition coefficient (Wildman–Crippen LogP) is 4.62. The summed E-state index contributed by atoms with van der Waals surface area (Å²) in [6, 6.07) is 18.0. The minimum absolute atomic E-state index is 0.0273. The molecule has 0 fully saturated rings. The number of thioether (sulfide) groups is 1. The van der Waals surface area contributed by atoms with Gasteiger partial charge in [0.15, 0.2) is 5.16 Å². The molecule has 0 radical (unpaired) electrons. The van der Waals surface area contributed by atoms with E-state index in [-0.39, 0.29) is 17.7 Å². The number of carbonyl (C=O) groups is 1. The molecule has 7 heteroatoms. The molecule has 1 N–H and O–H groups in total. The highest BCUT2D eigenvalue weighted by Gasteiger charge is 2.15. The Hall–Kier alpha value is -3.06. The third-order valence-corrected chi connectivity index (χ3v) is 6.11. The van der Waals surface area contributed by atoms with Crippen LogP contribution >= 0.6 is 11.8 Å². The molecule has 168 valence electrons. The largest absolute Gasteiger partial charge is 0.497 e. The van der Waals surface area contributed by atoms with Crippen molar-refractivity contribution >= 4 is 17.7 Å². The van der Waals surface area contributed by atoms with E-state index in [1.165, 1.54) is 17.3 Å². The maximum atomic E-state index is 12.4. The smallest absolute Gasteiger partial charge is 0.230 e. The molecule has 1 amide bonds. The average Bonchev–Trinajstić information content (AvgIpc) is 3.20. The van der Waals surface area contributed by atoms with Crippen LogP contribution in [0.15, 0.2) is 72.4 Å². The van der Waals surface area contributed by atoms with E-state index in [4.69, 9.17) is 4.74 Å². The Morgan fingerprint density at radius 3 is 2.59 bits per heavy atom. The lowest BCUT2D eigenvalue weighted by atomic mass is 10.1. The summed E-state index contributed by atoms with van der Waals surface area (Å²) in [5, 5.41) is 12.5. The van der Waals surface area contributed by atoms with Crippen molar-refractivity contribution in [2.24, 2.45) is 0 Å². The van der Waals surface area contributed by atoms with Crippen LogP contribution in [0.4, 0.5) is 0 Å². The van der Waals surface area contributed by atoms with Gasteiger partial charge in [-0.25, -0.2) is 0 Å². The number of ether oxygens (including phenoxy) is 1.